The minimum atomic E-state index is -0.249. The van der Waals surface area contributed by atoms with Crippen LogP contribution in [0.4, 0.5) is 34.1 Å². The second-order valence-electron chi connectivity index (χ2n) is 39.8. The maximum Gasteiger partial charge on any atom is 0.252 e. The van der Waals surface area contributed by atoms with Crippen LogP contribution in [0, 0.1) is 5.41 Å². The van der Waals surface area contributed by atoms with Crippen molar-refractivity contribution in [2.45, 2.75) is 184 Å². The Labute approximate surface area is 666 Å². The van der Waals surface area contributed by atoms with Crippen LogP contribution in [0.5, 0.6) is 0 Å². The first-order chi connectivity index (χ1) is 53.0. The fourth-order valence-corrected chi connectivity index (χ4v) is 17.9. The van der Waals surface area contributed by atoms with Gasteiger partial charge in [-0.3, -0.25) is 0 Å². The number of benzene rings is 13. The quantitative estimate of drug-likeness (QED) is 0.134. The molecule has 0 bridgehead atoms. The van der Waals surface area contributed by atoms with E-state index in [1.807, 2.05) is 0 Å². The molecule has 0 saturated heterocycles. The van der Waals surface area contributed by atoms with Crippen LogP contribution in [0.25, 0.3) is 99.5 Å². The second kappa shape index (κ2) is 26.4. The molecule has 2 aliphatic heterocycles. The van der Waals surface area contributed by atoms with Gasteiger partial charge in [-0.15, -0.1) is 0 Å². The first-order valence-corrected chi connectivity index (χ1v) is 40.8. The molecule has 0 N–H and O–H groups in total. The molecule has 112 heavy (non-hydrogen) atoms. The first kappa shape index (κ1) is 73.9. The molecular formula is C107H109BN4. The Kier molecular flexibility index (Phi) is 17.4. The van der Waals surface area contributed by atoms with Crippen molar-refractivity contribution < 1.29 is 0 Å². The van der Waals surface area contributed by atoms with Gasteiger partial charge in [0.05, 0.1) is 33.4 Å². The normalized spacial score (nSPS) is 13.6. The molecule has 560 valence electrons. The summed E-state index contributed by atoms with van der Waals surface area (Å²) in [5.41, 5.74) is 35.5. The van der Waals surface area contributed by atoms with Gasteiger partial charge in [0, 0.05) is 77.9 Å². The van der Waals surface area contributed by atoms with Crippen LogP contribution in [0.2, 0.25) is 0 Å². The number of hydrogen-bond donors (Lipinski definition) is 0. The molecule has 0 saturated carbocycles. The second-order valence-corrected chi connectivity index (χ2v) is 39.8. The zero-order valence-electron chi connectivity index (χ0n) is 70.0. The number of hydrogen-bond acceptors (Lipinski definition) is 2. The molecule has 15 aromatic rings. The smallest absolute Gasteiger partial charge is 0.252 e. The van der Waals surface area contributed by atoms with Crippen molar-refractivity contribution in [2.24, 2.45) is 5.41 Å². The summed E-state index contributed by atoms with van der Waals surface area (Å²) in [6.07, 6.45) is 0.822. The molecule has 17 rings (SSSR count). The monoisotopic (exact) mass is 1460 g/mol. The minimum absolute atomic E-state index is 0.0609. The Morgan fingerprint density at radius 1 is 0.250 bits per heavy atom. The van der Waals surface area contributed by atoms with E-state index < -0.39 is 0 Å². The highest BCUT2D eigenvalue weighted by atomic mass is 15.2. The Bertz CT molecular complexity index is 5600. The Balaban J connectivity index is 1.07. The molecule has 2 aliphatic rings. The highest BCUT2D eigenvalue weighted by Crippen LogP contribution is 2.56. The summed E-state index contributed by atoms with van der Waals surface area (Å²) in [7, 11) is 0. The number of aromatic nitrogens is 2. The Hall–Kier alpha value is -10.9. The molecule has 0 spiro atoms. The van der Waals surface area contributed by atoms with Gasteiger partial charge in [-0.05, 0) is 231 Å². The predicted octanol–water partition coefficient (Wildman–Crippen LogP) is 28.0. The van der Waals surface area contributed by atoms with Crippen LogP contribution in [0.3, 0.4) is 0 Å². The third kappa shape index (κ3) is 12.9. The molecule has 5 heteroatoms. The van der Waals surface area contributed by atoms with E-state index in [1.54, 1.807) is 0 Å². The largest absolute Gasteiger partial charge is 0.310 e. The number of fused-ring (bicyclic) bond motifs is 10. The molecule has 4 nitrogen and oxygen atoms in total. The Morgan fingerprint density at radius 3 is 0.768 bits per heavy atom. The van der Waals surface area contributed by atoms with Gasteiger partial charge < -0.3 is 18.9 Å². The fourth-order valence-electron chi connectivity index (χ4n) is 17.9. The van der Waals surface area contributed by atoms with Crippen molar-refractivity contribution in [3.05, 3.63) is 306 Å². The van der Waals surface area contributed by atoms with Crippen molar-refractivity contribution in [1.82, 2.24) is 9.13 Å². The lowest BCUT2D eigenvalue weighted by atomic mass is 9.33. The molecular weight excluding hydrogens is 1350 g/mol. The van der Waals surface area contributed by atoms with Gasteiger partial charge in [0.15, 0.2) is 0 Å². The minimum Gasteiger partial charge on any atom is -0.310 e. The third-order valence-electron chi connectivity index (χ3n) is 24.1. The molecule has 0 atom stereocenters. The van der Waals surface area contributed by atoms with E-state index >= 15 is 0 Å². The van der Waals surface area contributed by atoms with Crippen molar-refractivity contribution in [3.63, 3.8) is 0 Å². The maximum absolute atomic E-state index is 2.77. The van der Waals surface area contributed by atoms with Crippen molar-refractivity contribution in [3.8, 4) is 55.9 Å². The van der Waals surface area contributed by atoms with Crippen LogP contribution >= 0.6 is 0 Å². The van der Waals surface area contributed by atoms with Gasteiger partial charge in [0.2, 0.25) is 0 Å². The summed E-state index contributed by atoms with van der Waals surface area (Å²) in [5, 5.41) is 5.08. The summed E-state index contributed by atoms with van der Waals surface area (Å²) in [6, 6.07) is 105. The van der Waals surface area contributed by atoms with Gasteiger partial charge in [-0.1, -0.05) is 303 Å². The lowest BCUT2D eigenvalue weighted by Crippen LogP contribution is -2.61. The van der Waals surface area contributed by atoms with E-state index in [-0.39, 0.29) is 44.6 Å². The fraction of sp³-hybridized carbons (Fsp3) is 0.271. The van der Waals surface area contributed by atoms with Crippen LogP contribution in [-0.4, -0.2) is 15.8 Å². The molecule has 2 aromatic heterocycles. The third-order valence-corrected chi connectivity index (χ3v) is 24.1. The standard InChI is InChI=1S/C107H109BN4/c1-101(2,3)66-67-54-96-98-97(55-67)112(100-82(70-38-30-24-31-39-70)62-77(107(19,20)21)63-83(100)71-40-32-25-33-41-71)95-65-79(110-92-52-44-74(104(10,11)12)58-86(92)87-59-75(105(13,14)15)45-53-93(87)110)47-49-89(95)108(98)88-48-46-78(109-90-50-42-72(102(4,5)6)56-84(90)85-57-73(103(7,8)9)43-51-91(85)109)64-94(88)111(96)99-80(68-34-26-22-27-35-68)60-76(106(16,17)18)61-81(99)69-36-28-23-29-37-69/h22-65H,66H2,1-21H3. The predicted molar refractivity (Wildman–Crippen MR) is 486 cm³/mol. The van der Waals surface area contributed by atoms with Crippen molar-refractivity contribution in [1.29, 1.82) is 0 Å². The molecule has 0 unspecified atom stereocenters. The summed E-state index contributed by atoms with van der Waals surface area (Å²) in [5.74, 6) is 0. The lowest BCUT2D eigenvalue weighted by molar-refractivity contribution is 0.411. The van der Waals surface area contributed by atoms with Gasteiger partial charge >= 0.3 is 0 Å². The van der Waals surface area contributed by atoms with E-state index in [2.05, 4.69) is 431 Å². The van der Waals surface area contributed by atoms with Crippen LogP contribution in [-0.2, 0) is 38.9 Å². The van der Waals surface area contributed by atoms with E-state index in [9.17, 15) is 0 Å². The number of anilines is 6. The summed E-state index contributed by atoms with van der Waals surface area (Å²) < 4.78 is 5.16. The highest BCUT2D eigenvalue weighted by molar-refractivity contribution is 7.00. The van der Waals surface area contributed by atoms with E-state index in [0.717, 1.165) is 40.5 Å². The molecule has 4 heterocycles. The van der Waals surface area contributed by atoms with E-state index in [1.165, 1.54) is 155 Å². The van der Waals surface area contributed by atoms with Gasteiger partial charge in [-0.25, -0.2) is 0 Å². The topological polar surface area (TPSA) is 16.3 Å². The summed E-state index contributed by atoms with van der Waals surface area (Å²) in [4.78, 5) is 5.54. The van der Waals surface area contributed by atoms with Crippen LogP contribution in [0.1, 0.15) is 184 Å². The SMILES string of the molecule is CC(C)(C)Cc1cc2c3c(c1)N(c1c(-c4ccccc4)cc(C(C)(C)C)cc1-c1ccccc1)c1cc(-n4c5ccc(C(C)(C)C)cc5c5cc(C(C)(C)C)ccc54)ccc1B3c1ccc(-n3c4ccc(C(C)(C)C)cc4c4cc(C(C)(C)C)ccc43)cc1N2c1c(-c2ccccc2)cc(C(C)(C)C)cc1-c1ccccc1. The maximum atomic E-state index is 2.77. The molecule has 13 aromatic carbocycles. The summed E-state index contributed by atoms with van der Waals surface area (Å²) >= 11 is 0. The van der Waals surface area contributed by atoms with E-state index in [4.69, 9.17) is 0 Å². The van der Waals surface area contributed by atoms with Crippen LogP contribution in [0.15, 0.2) is 267 Å². The zero-order chi connectivity index (χ0) is 78.8. The number of nitrogens with zero attached hydrogens (tertiary/aromatic N) is 4. The molecule has 0 amide bonds. The summed E-state index contributed by atoms with van der Waals surface area (Å²) in [6.45, 7) is 49.3. The molecule has 0 fully saturated rings. The first-order valence-electron chi connectivity index (χ1n) is 40.8. The van der Waals surface area contributed by atoms with Crippen molar-refractivity contribution >= 4 is 101 Å². The van der Waals surface area contributed by atoms with Crippen molar-refractivity contribution in [2.75, 3.05) is 9.80 Å². The molecule has 0 radical (unpaired) electrons. The average molecular weight is 1460 g/mol. The average Bonchev–Trinajstić information content (AvgIpc) is 0.724. The van der Waals surface area contributed by atoms with Gasteiger partial charge in [-0.2, -0.15) is 0 Å². The Morgan fingerprint density at radius 2 is 0.518 bits per heavy atom. The van der Waals surface area contributed by atoms with Gasteiger partial charge in [0.1, 0.15) is 0 Å². The number of rotatable bonds is 9. The highest BCUT2D eigenvalue weighted by Gasteiger charge is 2.47. The lowest BCUT2D eigenvalue weighted by Gasteiger charge is -2.46. The van der Waals surface area contributed by atoms with E-state index in [0.29, 0.717) is 0 Å². The van der Waals surface area contributed by atoms with Crippen LogP contribution < -0.4 is 26.2 Å². The van der Waals surface area contributed by atoms with Gasteiger partial charge in [0.25, 0.3) is 6.71 Å². The molecule has 0 aliphatic carbocycles. The zero-order valence-corrected chi connectivity index (χ0v) is 70.0.